The van der Waals surface area contributed by atoms with Gasteiger partial charge in [0.15, 0.2) is 17.3 Å². The highest BCUT2D eigenvalue weighted by Crippen LogP contribution is 2.20. The Labute approximate surface area is 166 Å². The van der Waals surface area contributed by atoms with Crippen LogP contribution in [0.5, 0.6) is 0 Å². The number of H-pyrrole nitrogens is 1. The number of pyridine rings is 1. The van der Waals surface area contributed by atoms with Crippen LogP contribution in [-0.2, 0) is 6.54 Å². The lowest BCUT2D eigenvalue weighted by Gasteiger charge is -2.12. The van der Waals surface area contributed by atoms with E-state index >= 15 is 0 Å². The van der Waals surface area contributed by atoms with Crippen LogP contribution in [0, 0.1) is 5.92 Å². The zero-order valence-electron chi connectivity index (χ0n) is 16.1. The molecule has 1 atom stereocenters. The molecule has 1 unspecified atom stereocenters. The minimum Gasteiger partial charge on any atom is -0.385 e. The summed E-state index contributed by atoms with van der Waals surface area (Å²) < 4.78 is 1.64. The topological polar surface area (TPSA) is 121 Å². The number of fused-ring (bicyclic) bond motifs is 1. The third-order valence-corrected chi connectivity index (χ3v) is 4.57. The lowest BCUT2D eigenvalue weighted by molar-refractivity contribution is 0.0948. The van der Waals surface area contributed by atoms with Crippen LogP contribution in [-0.4, -0.2) is 40.8 Å². The van der Waals surface area contributed by atoms with Crippen LogP contribution in [0.1, 0.15) is 42.0 Å². The number of aromatic amines is 1. The van der Waals surface area contributed by atoms with Gasteiger partial charge < -0.3 is 10.4 Å². The maximum atomic E-state index is 12.6. The molecule has 0 fully saturated rings. The summed E-state index contributed by atoms with van der Waals surface area (Å²) in [6.45, 7) is 3.99. The first kappa shape index (κ1) is 18.8. The maximum Gasteiger partial charge on any atom is 0.253 e. The number of rotatable bonds is 6. The highest BCUT2D eigenvalue weighted by Gasteiger charge is 2.19. The highest BCUT2D eigenvalue weighted by atomic mass is 16.3. The van der Waals surface area contributed by atoms with Crippen molar-refractivity contribution in [3.8, 4) is 11.4 Å². The van der Waals surface area contributed by atoms with E-state index in [-0.39, 0.29) is 18.4 Å². The quantitative estimate of drug-likeness (QED) is 0.463. The SMILES string of the molecule is CC(C)C(O)c1nnc2ccc(C(=O)NCc3nc(-c4ccccc4)n[nH]3)cn12. The van der Waals surface area contributed by atoms with Gasteiger partial charge in [-0.3, -0.25) is 14.3 Å². The van der Waals surface area contributed by atoms with Crippen molar-refractivity contribution >= 4 is 11.6 Å². The summed E-state index contributed by atoms with van der Waals surface area (Å²) >= 11 is 0. The molecule has 0 aliphatic heterocycles. The molecule has 9 nitrogen and oxygen atoms in total. The van der Waals surface area contributed by atoms with Gasteiger partial charge >= 0.3 is 0 Å². The molecule has 9 heteroatoms. The molecule has 0 saturated heterocycles. The first-order chi connectivity index (χ1) is 14.0. The average molecular weight is 391 g/mol. The molecule has 3 heterocycles. The molecule has 0 aliphatic carbocycles. The number of carbonyl (C=O) groups excluding carboxylic acids is 1. The Morgan fingerprint density at radius 2 is 1.97 bits per heavy atom. The van der Waals surface area contributed by atoms with Gasteiger partial charge in [-0.05, 0) is 18.1 Å². The highest BCUT2D eigenvalue weighted by molar-refractivity contribution is 5.94. The van der Waals surface area contributed by atoms with Gasteiger partial charge in [0.2, 0.25) is 0 Å². The minimum absolute atomic E-state index is 0.0230. The third-order valence-electron chi connectivity index (χ3n) is 4.57. The van der Waals surface area contributed by atoms with Crippen molar-refractivity contribution in [3.05, 3.63) is 65.9 Å². The number of aliphatic hydroxyl groups excluding tert-OH is 1. The maximum absolute atomic E-state index is 12.6. The number of nitrogens with one attached hydrogen (secondary N) is 2. The molecule has 1 aromatic carbocycles. The molecular weight excluding hydrogens is 370 g/mol. The molecule has 3 N–H and O–H groups in total. The number of nitrogens with zero attached hydrogens (tertiary/aromatic N) is 5. The Bertz CT molecular complexity index is 1130. The van der Waals surface area contributed by atoms with E-state index in [0.717, 1.165) is 5.56 Å². The summed E-state index contributed by atoms with van der Waals surface area (Å²) in [5.41, 5.74) is 1.90. The second kappa shape index (κ2) is 7.80. The number of amides is 1. The van der Waals surface area contributed by atoms with Crippen molar-refractivity contribution in [1.82, 2.24) is 35.1 Å². The van der Waals surface area contributed by atoms with Crippen LogP contribution >= 0.6 is 0 Å². The Hall–Kier alpha value is -3.59. The molecular formula is C20H21N7O2. The fourth-order valence-corrected chi connectivity index (χ4v) is 2.90. The molecule has 0 radical (unpaired) electrons. The Balaban J connectivity index is 1.48. The molecule has 0 saturated carbocycles. The first-order valence-corrected chi connectivity index (χ1v) is 9.30. The molecule has 0 spiro atoms. The molecule has 29 heavy (non-hydrogen) atoms. The number of hydrogen-bond donors (Lipinski definition) is 3. The van der Waals surface area contributed by atoms with Crippen LogP contribution < -0.4 is 5.32 Å². The lowest BCUT2D eigenvalue weighted by atomic mass is 10.1. The van der Waals surface area contributed by atoms with Gasteiger partial charge in [-0.1, -0.05) is 44.2 Å². The van der Waals surface area contributed by atoms with E-state index in [1.807, 2.05) is 44.2 Å². The molecule has 4 rings (SSSR count). The number of aliphatic hydroxyl groups is 1. The van der Waals surface area contributed by atoms with Crippen LogP contribution in [0.15, 0.2) is 48.7 Å². The Morgan fingerprint density at radius 1 is 1.17 bits per heavy atom. The van der Waals surface area contributed by atoms with Crippen LogP contribution in [0.4, 0.5) is 0 Å². The zero-order valence-corrected chi connectivity index (χ0v) is 16.1. The first-order valence-electron chi connectivity index (χ1n) is 9.30. The standard InChI is InChI=1S/C20H21N7O2/c1-12(2)17(28)19-26-24-16-9-8-14(11-27(16)19)20(29)21-10-15-22-18(25-23-15)13-6-4-3-5-7-13/h3-9,11-12,17,28H,10H2,1-2H3,(H,21,29)(H,22,23,25). The normalized spacial score (nSPS) is 12.4. The average Bonchev–Trinajstić information content (AvgIpc) is 3.38. The summed E-state index contributed by atoms with van der Waals surface area (Å²) in [4.78, 5) is 17.0. The van der Waals surface area contributed by atoms with Crippen molar-refractivity contribution in [1.29, 1.82) is 0 Å². The van der Waals surface area contributed by atoms with Crippen molar-refractivity contribution in [2.24, 2.45) is 5.92 Å². The second-order valence-electron chi connectivity index (χ2n) is 7.05. The number of carbonyl (C=O) groups is 1. The Kier molecular flexibility index (Phi) is 5.05. The predicted molar refractivity (Wildman–Crippen MR) is 106 cm³/mol. The van der Waals surface area contributed by atoms with Gasteiger partial charge in [-0.15, -0.1) is 10.2 Å². The van der Waals surface area contributed by atoms with E-state index in [4.69, 9.17) is 0 Å². The molecule has 1 amide bonds. The van der Waals surface area contributed by atoms with Gasteiger partial charge in [0.05, 0.1) is 12.1 Å². The number of benzene rings is 1. The smallest absolute Gasteiger partial charge is 0.253 e. The van der Waals surface area contributed by atoms with E-state index in [2.05, 4.69) is 30.7 Å². The van der Waals surface area contributed by atoms with Crippen molar-refractivity contribution in [2.75, 3.05) is 0 Å². The summed E-state index contributed by atoms with van der Waals surface area (Å²) in [5.74, 6) is 1.24. The van der Waals surface area contributed by atoms with E-state index in [1.165, 1.54) is 0 Å². The van der Waals surface area contributed by atoms with E-state index in [9.17, 15) is 9.90 Å². The third kappa shape index (κ3) is 3.85. The molecule has 0 bridgehead atoms. The summed E-state index contributed by atoms with van der Waals surface area (Å²) in [6, 6.07) is 13.0. The van der Waals surface area contributed by atoms with Crippen LogP contribution in [0.2, 0.25) is 0 Å². The van der Waals surface area contributed by atoms with E-state index < -0.39 is 6.10 Å². The zero-order chi connectivity index (χ0) is 20.4. The molecule has 4 aromatic rings. The van der Waals surface area contributed by atoms with Gasteiger partial charge in [0.25, 0.3) is 5.91 Å². The van der Waals surface area contributed by atoms with Gasteiger partial charge in [-0.25, -0.2) is 4.98 Å². The fourth-order valence-electron chi connectivity index (χ4n) is 2.90. The van der Waals surface area contributed by atoms with E-state index in [1.54, 1.807) is 22.7 Å². The number of hydrogen-bond acceptors (Lipinski definition) is 6. The van der Waals surface area contributed by atoms with Crippen molar-refractivity contribution < 1.29 is 9.90 Å². The van der Waals surface area contributed by atoms with E-state index in [0.29, 0.717) is 28.7 Å². The molecule has 148 valence electrons. The lowest BCUT2D eigenvalue weighted by Crippen LogP contribution is -2.24. The van der Waals surface area contributed by atoms with Crippen LogP contribution in [0.3, 0.4) is 0 Å². The monoisotopic (exact) mass is 391 g/mol. The van der Waals surface area contributed by atoms with Crippen molar-refractivity contribution in [3.63, 3.8) is 0 Å². The van der Waals surface area contributed by atoms with Crippen LogP contribution in [0.25, 0.3) is 17.0 Å². The minimum atomic E-state index is -0.770. The van der Waals surface area contributed by atoms with Crippen molar-refractivity contribution in [2.45, 2.75) is 26.5 Å². The summed E-state index contributed by atoms with van der Waals surface area (Å²) in [6.07, 6.45) is 0.857. The molecule has 3 aromatic heterocycles. The Morgan fingerprint density at radius 3 is 2.72 bits per heavy atom. The second-order valence-corrected chi connectivity index (χ2v) is 7.05. The number of aromatic nitrogens is 6. The summed E-state index contributed by atoms with van der Waals surface area (Å²) in [5, 5.41) is 28.3. The van der Waals surface area contributed by atoms with Gasteiger partial charge in [0.1, 0.15) is 11.9 Å². The largest absolute Gasteiger partial charge is 0.385 e. The fraction of sp³-hybridized carbons (Fsp3) is 0.250. The van der Waals surface area contributed by atoms with Gasteiger partial charge in [0, 0.05) is 11.8 Å². The summed E-state index contributed by atoms with van der Waals surface area (Å²) in [7, 11) is 0. The molecule has 0 aliphatic rings. The van der Waals surface area contributed by atoms with Gasteiger partial charge in [-0.2, -0.15) is 5.10 Å². The predicted octanol–water partition coefficient (Wildman–Crippen LogP) is 2.13.